The fourth-order valence-corrected chi connectivity index (χ4v) is 1.73. The summed E-state index contributed by atoms with van der Waals surface area (Å²) in [6.07, 6.45) is 5.70. The number of nitrogens with zero attached hydrogens (tertiary/aromatic N) is 1. The van der Waals surface area contributed by atoms with E-state index in [1.807, 2.05) is 0 Å². The molecule has 0 bridgehead atoms. The number of halogens is 2. The zero-order chi connectivity index (χ0) is 12.0. The van der Waals surface area contributed by atoms with Gasteiger partial charge in [-0.1, -0.05) is 24.9 Å². The standard InChI is InChI=1S/C11H13BrClNO2/c1-2-3-4-10(13)16-11(15)8-5-9(12)7-14-6-8/h5-7,10H,2-4H2,1H3. The predicted octanol–water partition coefficient (Wildman–Crippen LogP) is 3.76. The monoisotopic (exact) mass is 305 g/mol. The third kappa shape index (κ3) is 4.49. The van der Waals surface area contributed by atoms with Crippen LogP contribution >= 0.6 is 27.5 Å². The van der Waals surface area contributed by atoms with E-state index in [4.69, 9.17) is 16.3 Å². The molecule has 0 saturated heterocycles. The number of unbranched alkanes of at least 4 members (excludes halogenated alkanes) is 1. The molecular weight excluding hydrogens is 293 g/mol. The van der Waals surface area contributed by atoms with E-state index in [9.17, 15) is 4.79 Å². The van der Waals surface area contributed by atoms with Gasteiger partial charge in [0.1, 0.15) is 0 Å². The SMILES string of the molecule is CCCCC(Cl)OC(=O)c1cncc(Br)c1. The number of pyridine rings is 1. The molecule has 1 aromatic heterocycles. The van der Waals surface area contributed by atoms with E-state index in [1.54, 1.807) is 12.3 Å². The Morgan fingerprint density at radius 1 is 1.62 bits per heavy atom. The first-order chi connectivity index (χ1) is 7.63. The highest BCUT2D eigenvalue weighted by Gasteiger charge is 2.13. The second kappa shape index (κ2) is 6.86. The van der Waals surface area contributed by atoms with Crippen LogP contribution in [-0.2, 0) is 4.74 Å². The Morgan fingerprint density at radius 2 is 2.38 bits per heavy atom. The molecule has 0 fully saturated rings. The Kier molecular flexibility index (Phi) is 5.77. The summed E-state index contributed by atoms with van der Waals surface area (Å²) in [5.41, 5.74) is -0.164. The van der Waals surface area contributed by atoms with Crippen LogP contribution < -0.4 is 0 Å². The van der Waals surface area contributed by atoms with Crippen LogP contribution in [0.2, 0.25) is 0 Å². The number of rotatable bonds is 5. The topological polar surface area (TPSA) is 39.2 Å². The van der Waals surface area contributed by atoms with Crippen molar-refractivity contribution in [3.8, 4) is 0 Å². The van der Waals surface area contributed by atoms with Gasteiger partial charge in [0.25, 0.3) is 0 Å². The highest BCUT2D eigenvalue weighted by molar-refractivity contribution is 9.10. The molecule has 1 atom stereocenters. The Labute approximate surface area is 108 Å². The molecule has 1 unspecified atom stereocenters. The van der Waals surface area contributed by atoms with Gasteiger partial charge in [-0.3, -0.25) is 4.98 Å². The number of ether oxygens (including phenoxy) is 1. The summed E-state index contributed by atoms with van der Waals surface area (Å²) in [5.74, 6) is -0.440. The van der Waals surface area contributed by atoms with E-state index in [0.717, 1.165) is 17.3 Å². The highest BCUT2D eigenvalue weighted by Crippen LogP contribution is 2.14. The Balaban J connectivity index is 2.52. The van der Waals surface area contributed by atoms with Gasteiger partial charge in [-0.25, -0.2) is 4.79 Å². The van der Waals surface area contributed by atoms with Crippen molar-refractivity contribution < 1.29 is 9.53 Å². The molecule has 16 heavy (non-hydrogen) atoms. The summed E-state index contributed by atoms with van der Waals surface area (Å²) in [4.78, 5) is 15.5. The van der Waals surface area contributed by atoms with E-state index < -0.39 is 11.5 Å². The Morgan fingerprint density at radius 3 is 3.00 bits per heavy atom. The largest absolute Gasteiger partial charge is 0.442 e. The Bertz CT molecular complexity index is 360. The van der Waals surface area contributed by atoms with E-state index in [1.165, 1.54) is 6.20 Å². The molecule has 0 aromatic carbocycles. The van der Waals surface area contributed by atoms with Crippen LogP contribution in [-0.4, -0.2) is 16.5 Å². The molecule has 0 spiro atoms. The van der Waals surface area contributed by atoms with Gasteiger partial charge in [-0.05, 0) is 34.8 Å². The van der Waals surface area contributed by atoms with Gasteiger partial charge in [0.15, 0.2) is 5.56 Å². The van der Waals surface area contributed by atoms with Crippen molar-refractivity contribution in [3.05, 3.63) is 28.5 Å². The van der Waals surface area contributed by atoms with Crippen molar-refractivity contribution in [2.24, 2.45) is 0 Å². The van der Waals surface area contributed by atoms with Gasteiger partial charge in [0, 0.05) is 16.9 Å². The van der Waals surface area contributed by atoms with Crippen LogP contribution in [0.1, 0.15) is 36.5 Å². The summed E-state index contributed by atoms with van der Waals surface area (Å²) in [6.45, 7) is 2.06. The highest BCUT2D eigenvalue weighted by atomic mass is 79.9. The fourth-order valence-electron chi connectivity index (χ4n) is 1.13. The summed E-state index contributed by atoms with van der Waals surface area (Å²) in [7, 11) is 0. The molecule has 0 aliphatic rings. The van der Waals surface area contributed by atoms with E-state index in [-0.39, 0.29) is 0 Å². The molecule has 0 N–H and O–H groups in total. The smallest absolute Gasteiger partial charge is 0.341 e. The van der Waals surface area contributed by atoms with Gasteiger partial charge in [-0.2, -0.15) is 0 Å². The van der Waals surface area contributed by atoms with Crippen LogP contribution in [0.15, 0.2) is 22.9 Å². The van der Waals surface area contributed by atoms with Gasteiger partial charge >= 0.3 is 5.97 Å². The molecule has 0 aliphatic heterocycles. The van der Waals surface area contributed by atoms with Crippen LogP contribution in [0.4, 0.5) is 0 Å². The minimum Gasteiger partial charge on any atom is -0.442 e. The lowest BCUT2D eigenvalue weighted by molar-refractivity contribution is 0.0433. The minimum atomic E-state index is -0.563. The van der Waals surface area contributed by atoms with Crippen molar-refractivity contribution in [3.63, 3.8) is 0 Å². The number of alkyl halides is 1. The van der Waals surface area contributed by atoms with E-state index in [2.05, 4.69) is 27.8 Å². The first kappa shape index (κ1) is 13.5. The average Bonchev–Trinajstić information content (AvgIpc) is 2.26. The maximum absolute atomic E-state index is 11.6. The molecule has 3 nitrogen and oxygen atoms in total. The molecule has 0 radical (unpaired) electrons. The molecule has 0 amide bonds. The van der Waals surface area contributed by atoms with Crippen molar-refractivity contribution in [2.45, 2.75) is 31.7 Å². The molecule has 0 saturated carbocycles. The lowest BCUT2D eigenvalue weighted by atomic mass is 10.2. The number of aromatic nitrogens is 1. The molecule has 1 aromatic rings. The molecule has 88 valence electrons. The summed E-state index contributed by atoms with van der Waals surface area (Å²) in [6, 6.07) is 1.65. The third-order valence-electron chi connectivity index (χ3n) is 1.96. The molecule has 1 heterocycles. The maximum atomic E-state index is 11.6. The fraction of sp³-hybridized carbons (Fsp3) is 0.455. The number of hydrogen-bond donors (Lipinski definition) is 0. The number of hydrogen-bond acceptors (Lipinski definition) is 3. The minimum absolute atomic E-state index is 0.400. The number of esters is 1. The van der Waals surface area contributed by atoms with Crippen LogP contribution in [0.5, 0.6) is 0 Å². The quantitative estimate of drug-likeness (QED) is 0.614. The summed E-state index contributed by atoms with van der Waals surface area (Å²) >= 11 is 9.10. The number of carbonyl (C=O) groups excluding carboxylic acids is 1. The molecule has 1 rings (SSSR count). The van der Waals surface area contributed by atoms with Crippen LogP contribution in [0.25, 0.3) is 0 Å². The first-order valence-corrected chi connectivity index (χ1v) is 6.32. The van der Waals surface area contributed by atoms with Gasteiger partial charge < -0.3 is 4.74 Å². The van der Waals surface area contributed by atoms with Crippen molar-refractivity contribution in [1.29, 1.82) is 0 Å². The number of carbonyl (C=O) groups is 1. The van der Waals surface area contributed by atoms with Crippen molar-refractivity contribution in [2.75, 3.05) is 0 Å². The van der Waals surface area contributed by atoms with Crippen molar-refractivity contribution >= 4 is 33.5 Å². The van der Waals surface area contributed by atoms with Crippen molar-refractivity contribution in [1.82, 2.24) is 4.98 Å². The van der Waals surface area contributed by atoms with Gasteiger partial charge in [0.2, 0.25) is 0 Å². The zero-order valence-corrected chi connectivity index (χ0v) is 11.3. The second-order valence-electron chi connectivity index (χ2n) is 3.35. The zero-order valence-electron chi connectivity index (χ0n) is 8.95. The van der Waals surface area contributed by atoms with Gasteiger partial charge in [0.05, 0.1) is 5.56 Å². The normalized spacial score (nSPS) is 12.2. The average molecular weight is 307 g/mol. The van der Waals surface area contributed by atoms with Crippen LogP contribution in [0, 0.1) is 0 Å². The summed E-state index contributed by atoms with van der Waals surface area (Å²) < 4.78 is 5.80. The van der Waals surface area contributed by atoms with Crippen LogP contribution in [0.3, 0.4) is 0 Å². The molecular formula is C11H13BrClNO2. The summed E-state index contributed by atoms with van der Waals surface area (Å²) in [5, 5.41) is 0. The lowest BCUT2D eigenvalue weighted by Gasteiger charge is -2.10. The second-order valence-corrected chi connectivity index (χ2v) is 4.75. The Hall–Kier alpha value is -0.610. The van der Waals surface area contributed by atoms with Gasteiger partial charge in [-0.15, -0.1) is 0 Å². The maximum Gasteiger partial charge on any atom is 0.341 e. The molecule has 0 aliphatic carbocycles. The lowest BCUT2D eigenvalue weighted by Crippen LogP contribution is -2.13. The molecule has 5 heteroatoms. The third-order valence-corrected chi connectivity index (χ3v) is 2.70. The predicted molar refractivity (Wildman–Crippen MR) is 66.5 cm³/mol. The van der Waals surface area contributed by atoms with E-state index in [0.29, 0.717) is 12.0 Å². The first-order valence-electron chi connectivity index (χ1n) is 5.09. The van der Waals surface area contributed by atoms with E-state index >= 15 is 0 Å².